The molecule has 0 aromatic heterocycles. The zero-order chi connectivity index (χ0) is 10.2. The maximum atomic E-state index is 12.1. The number of ketones is 1. The highest BCUT2D eigenvalue weighted by Gasteiger charge is 2.63. The van der Waals surface area contributed by atoms with Gasteiger partial charge in [-0.2, -0.15) is 22.0 Å². The Kier molecular flexibility index (Phi) is 3.89. The van der Waals surface area contributed by atoms with Crippen LogP contribution in [0.2, 0.25) is 0 Å². The predicted molar refractivity (Wildman–Crippen MR) is 42.7 cm³/mol. The first kappa shape index (κ1) is 12.5. The molecule has 0 fully saturated rings. The van der Waals surface area contributed by atoms with E-state index in [2.05, 4.69) is 15.9 Å². The Morgan fingerprint density at radius 2 is 1.58 bits per heavy atom. The van der Waals surface area contributed by atoms with Gasteiger partial charge in [-0.3, -0.25) is 4.79 Å². The zero-order valence-corrected chi connectivity index (χ0v) is 8.87. The maximum Gasteiger partial charge on any atom is 0.461 e. The average molecular weight is 367 g/mol. The van der Waals surface area contributed by atoms with Crippen LogP contribution in [0.4, 0.5) is 22.0 Å². The van der Waals surface area contributed by atoms with E-state index in [1.807, 2.05) is 0 Å². The molecule has 0 saturated carbocycles. The average Bonchev–Trinajstić information content (AvgIpc) is 1.83. The molecule has 1 nitrogen and oxygen atoms in total. The van der Waals surface area contributed by atoms with Crippen molar-refractivity contribution in [3.63, 3.8) is 0 Å². The van der Waals surface area contributed by atoms with Gasteiger partial charge in [-0.1, -0.05) is 38.5 Å². The van der Waals surface area contributed by atoms with Gasteiger partial charge in [-0.25, -0.2) is 0 Å². The van der Waals surface area contributed by atoms with E-state index in [1.165, 1.54) is 0 Å². The number of Topliss-reactive ketones (excluding diaryl/α,β-unsaturated/α-hetero) is 1. The molecule has 0 amide bonds. The van der Waals surface area contributed by atoms with Crippen LogP contribution in [0.15, 0.2) is 0 Å². The molecule has 0 aliphatic heterocycles. The Labute approximate surface area is 86.0 Å². The standard InChI is InChI=1S/C4HBrF5IO/c5-2(11)1(12)3(6,7)4(8,9)10/h2H. The molecule has 0 heterocycles. The first-order valence-electron chi connectivity index (χ1n) is 2.37. The molecule has 0 bridgehead atoms. The first-order valence-corrected chi connectivity index (χ1v) is 4.54. The number of carbonyl (C=O) groups is 1. The van der Waals surface area contributed by atoms with Crippen LogP contribution >= 0.6 is 38.5 Å². The Bertz CT molecular complexity index is 188. The monoisotopic (exact) mass is 366 g/mol. The molecular weight excluding hydrogens is 366 g/mol. The van der Waals surface area contributed by atoms with Gasteiger partial charge in [-0.05, 0) is 0 Å². The van der Waals surface area contributed by atoms with Crippen molar-refractivity contribution in [2.45, 2.75) is 14.9 Å². The summed E-state index contributed by atoms with van der Waals surface area (Å²) in [5.41, 5.74) is 0. The summed E-state index contributed by atoms with van der Waals surface area (Å²) in [6, 6.07) is 0. The largest absolute Gasteiger partial charge is 0.461 e. The van der Waals surface area contributed by atoms with Crippen molar-refractivity contribution in [3.05, 3.63) is 0 Å². The summed E-state index contributed by atoms with van der Waals surface area (Å²) in [7, 11) is 0. The van der Waals surface area contributed by atoms with Gasteiger partial charge >= 0.3 is 12.1 Å². The van der Waals surface area contributed by atoms with E-state index < -0.39 is 20.7 Å². The summed E-state index contributed by atoms with van der Waals surface area (Å²) in [6.45, 7) is 0. The third-order valence-corrected chi connectivity index (χ3v) is 1.85. The van der Waals surface area contributed by atoms with Gasteiger partial charge in [0, 0.05) is 0 Å². The molecule has 1 unspecified atom stereocenters. The van der Waals surface area contributed by atoms with Crippen LogP contribution in [0, 0.1) is 0 Å². The lowest BCUT2D eigenvalue weighted by atomic mass is 10.2. The van der Waals surface area contributed by atoms with Gasteiger partial charge in [0.05, 0.1) is 0 Å². The first-order chi connectivity index (χ1) is 5.10. The van der Waals surface area contributed by atoms with Gasteiger partial charge in [-0.15, -0.1) is 0 Å². The summed E-state index contributed by atoms with van der Waals surface area (Å²) in [5, 5.41) is 0. The third kappa shape index (κ3) is 2.51. The molecule has 0 spiro atoms. The second-order valence-corrected chi connectivity index (χ2v) is 5.61. The van der Waals surface area contributed by atoms with Crippen LogP contribution in [-0.4, -0.2) is 20.7 Å². The van der Waals surface area contributed by atoms with E-state index in [-0.39, 0.29) is 0 Å². The Morgan fingerprint density at radius 1 is 1.25 bits per heavy atom. The van der Waals surface area contributed by atoms with Crippen LogP contribution < -0.4 is 0 Å². The topological polar surface area (TPSA) is 17.1 Å². The summed E-state index contributed by atoms with van der Waals surface area (Å²) in [5.74, 6) is -7.47. The lowest BCUT2D eigenvalue weighted by Crippen LogP contribution is -2.46. The molecule has 0 radical (unpaired) electrons. The summed E-state index contributed by atoms with van der Waals surface area (Å²) in [4.78, 5) is 10.3. The predicted octanol–water partition coefficient (Wildman–Crippen LogP) is 2.91. The van der Waals surface area contributed by atoms with Gasteiger partial charge in [0.25, 0.3) is 0 Å². The third-order valence-electron chi connectivity index (χ3n) is 0.864. The molecule has 0 aliphatic rings. The normalized spacial score (nSPS) is 15.9. The molecule has 72 valence electrons. The molecular formula is C4HBrF5IO. The van der Waals surface area contributed by atoms with E-state index in [0.29, 0.717) is 0 Å². The van der Waals surface area contributed by atoms with Crippen molar-refractivity contribution in [2.75, 3.05) is 0 Å². The van der Waals surface area contributed by atoms with Gasteiger partial charge < -0.3 is 0 Å². The highest BCUT2D eigenvalue weighted by atomic mass is 127. The Hall–Kier alpha value is 0.530. The summed E-state index contributed by atoms with van der Waals surface area (Å²) < 4.78 is 56.9. The Morgan fingerprint density at radius 3 is 1.67 bits per heavy atom. The summed E-state index contributed by atoms with van der Waals surface area (Å²) in [6.07, 6.45) is -5.82. The van der Waals surface area contributed by atoms with Crippen LogP contribution in [-0.2, 0) is 4.79 Å². The molecule has 0 saturated heterocycles. The molecule has 0 aliphatic carbocycles. The number of alkyl halides is 7. The lowest BCUT2D eigenvalue weighted by Gasteiger charge is -2.18. The summed E-state index contributed by atoms with van der Waals surface area (Å²) >= 11 is 3.45. The van der Waals surface area contributed by atoms with Crippen molar-refractivity contribution in [1.82, 2.24) is 0 Å². The number of carbonyl (C=O) groups excluding carboxylic acids is 1. The van der Waals surface area contributed by atoms with Crippen LogP contribution in [0.1, 0.15) is 0 Å². The minimum absolute atomic E-state index is 1.12. The molecule has 12 heavy (non-hydrogen) atoms. The van der Waals surface area contributed by atoms with Gasteiger partial charge in [0.15, 0.2) is 0 Å². The van der Waals surface area contributed by atoms with Crippen molar-refractivity contribution in [3.8, 4) is 0 Å². The van der Waals surface area contributed by atoms with E-state index >= 15 is 0 Å². The van der Waals surface area contributed by atoms with E-state index in [1.54, 1.807) is 0 Å². The van der Waals surface area contributed by atoms with Gasteiger partial charge in [0.1, 0.15) is 2.83 Å². The van der Waals surface area contributed by atoms with Crippen molar-refractivity contribution >= 4 is 44.3 Å². The smallest absolute Gasteiger partial charge is 0.290 e. The fourth-order valence-corrected chi connectivity index (χ4v) is 0.955. The highest BCUT2D eigenvalue weighted by molar-refractivity contribution is 14.1. The number of rotatable bonds is 2. The number of halogens is 7. The molecule has 8 heteroatoms. The quantitative estimate of drug-likeness (QED) is 0.417. The van der Waals surface area contributed by atoms with Crippen molar-refractivity contribution < 1.29 is 26.7 Å². The molecule has 0 aromatic rings. The molecule has 1 atom stereocenters. The Balaban J connectivity index is 4.74. The van der Waals surface area contributed by atoms with E-state index in [0.717, 1.165) is 22.6 Å². The SMILES string of the molecule is O=C(C(Br)I)C(F)(F)C(F)(F)F. The van der Waals surface area contributed by atoms with E-state index in [4.69, 9.17) is 0 Å². The maximum absolute atomic E-state index is 12.1. The lowest BCUT2D eigenvalue weighted by molar-refractivity contribution is -0.267. The van der Waals surface area contributed by atoms with Gasteiger partial charge in [0.2, 0.25) is 5.78 Å². The second-order valence-electron chi connectivity index (χ2n) is 1.74. The minimum atomic E-state index is -5.82. The fraction of sp³-hybridized carbons (Fsp3) is 0.750. The zero-order valence-electron chi connectivity index (χ0n) is 5.13. The van der Waals surface area contributed by atoms with Crippen LogP contribution in [0.5, 0.6) is 0 Å². The molecule has 0 N–H and O–H groups in total. The van der Waals surface area contributed by atoms with E-state index in [9.17, 15) is 26.7 Å². The van der Waals surface area contributed by atoms with Crippen LogP contribution in [0.25, 0.3) is 0 Å². The number of hydrogen-bond acceptors (Lipinski definition) is 1. The fourth-order valence-electron chi connectivity index (χ4n) is 0.277. The second kappa shape index (κ2) is 3.72. The highest BCUT2D eigenvalue weighted by Crippen LogP contribution is 2.38. The minimum Gasteiger partial charge on any atom is -0.290 e. The van der Waals surface area contributed by atoms with Crippen molar-refractivity contribution in [2.24, 2.45) is 0 Å². The molecule has 0 aromatic carbocycles. The van der Waals surface area contributed by atoms with Crippen LogP contribution in [0.3, 0.4) is 0 Å². The van der Waals surface area contributed by atoms with Crippen molar-refractivity contribution in [1.29, 1.82) is 0 Å². The molecule has 0 rings (SSSR count). The number of hydrogen-bond donors (Lipinski definition) is 0.